The molecule has 4 rings (SSSR count). The normalized spacial score (nSPS) is 11.9. The van der Waals surface area contributed by atoms with Gasteiger partial charge in [0.1, 0.15) is 12.6 Å². The Hall–Kier alpha value is -4.14. The number of nitrogens with one attached hydrogen (secondary N) is 1. The van der Waals surface area contributed by atoms with Crippen molar-refractivity contribution < 1.29 is 18.0 Å². The molecule has 224 valence electrons. The lowest BCUT2D eigenvalue weighted by Crippen LogP contribution is -2.53. The van der Waals surface area contributed by atoms with Crippen LogP contribution in [0.25, 0.3) is 0 Å². The van der Waals surface area contributed by atoms with Crippen molar-refractivity contribution in [2.24, 2.45) is 0 Å². The van der Waals surface area contributed by atoms with E-state index in [9.17, 15) is 18.0 Å². The van der Waals surface area contributed by atoms with Gasteiger partial charge in [-0.1, -0.05) is 103 Å². The minimum atomic E-state index is -4.14. The number of hydrogen-bond acceptors (Lipinski definition) is 4. The minimum Gasteiger partial charge on any atom is -0.354 e. The predicted octanol–water partition coefficient (Wildman–Crippen LogP) is 6.01. The van der Waals surface area contributed by atoms with Gasteiger partial charge in [-0.2, -0.15) is 0 Å². The van der Waals surface area contributed by atoms with Crippen molar-refractivity contribution in [1.29, 1.82) is 0 Å². The fraction of sp³-hybridized carbons (Fsp3) is 0.235. The third kappa shape index (κ3) is 8.24. The first-order valence-electron chi connectivity index (χ1n) is 14.2. The molecule has 1 unspecified atom stereocenters. The van der Waals surface area contributed by atoms with E-state index in [2.05, 4.69) is 5.32 Å². The third-order valence-corrected chi connectivity index (χ3v) is 9.21. The molecule has 0 bridgehead atoms. The van der Waals surface area contributed by atoms with E-state index in [0.29, 0.717) is 22.8 Å². The molecule has 1 N–H and O–H groups in total. The maximum Gasteiger partial charge on any atom is 0.264 e. The summed E-state index contributed by atoms with van der Waals surface area (Å²) in [5, 5.41) is 3.38. The number of halogens is 1. The second kappa shape index (κ2) is 14.8. The number of benzene rings is 4. The molecule has 0 saturated carbocycles. The number of carbonyl (C=O) groups is 2. The summed E-state index contributed by atoms with van der Waals surface area (Å²) in [4.78, 5) is 29.6. The molecule has 43 heavy (non-hydrogen) atoms. The first-order valence-corrected chi connectivity index (χ1v) is 16.0. The number of anilines is 1. The van der Waals surface area contributed by atoms with Crippen molar-refractivity contribution in [3.63, 3.8) is 0 Å². The Morgan fingerprint density at radius 1 is 0.837 bits per heavy atom. The Morgan fingerprint density at radius 3 is 2.07 bits per heavy atom. The highest BCUT2D eigenvalue weighted by Crippen LogP contribution is 2.26. The SMILES string of the molecule is CCCNC(=O)C(Cc1ccccc1)N(Cc1ccccc1Cl)C(=O)CN(c1ccc(C)cc1)S(=O)(=O)c1ccccc1. The van der Waals surface area contributed by atoms with Crippen LogP contribution in [0.2, 0.25) is 5.02 Å². The summed E-state index contributed by atoms with van der Waals surface area (Å²) in [5.41, 5.74) is 2.80. The summed E-state index contributed by atoms with van der Waals surface area (Å²) in [6.07, 6.45) is 0.960. The average molecular weight is 618 g/mol. The molecule has 0 fully saturated rings. The maximum absolute atomic E-state index is 14.4. The van der Waals surface area contributed by atoms with Crippen LogP contribution >= 0.6 is 11.6 Å². The molecule has 1 atom stereocenters. The van der Waals surface area contributed by atoms with Gasteiger partial charge < -0.3 is 10.2 Å². The third-order valence-electron chi connectivity index (χ3n) is 7.05. The first kappa shape index (κ1) is 31.8. The van der Waals surface area contributed by atoms with Crippen molar-refractivity contribution in [1.82, 2.24) is 10.2 Å². The lowest BCUT2D eigenvalue weighted by atomic mass is 10.0. The van der Waals surface area contributed by atoms with Crippen LogP contribution in [-0.4, -0.2) is 44.3 Å². The van der Waals surface area contributed by atoms with Gasteiger partial charge in [0, 0.05) is 24.5 Å². The quantitative estimate of drug-likeness (QED) is 0.199. The smallest absolute Gasteiger partial charge is 0.264 e. The Kier molecular flexibility index (Phi) is 11.0. The van der Waals surface area contributed by atoms with Gasteiger partial charge in [-0.15, -0.1) is 0 Å². The standard InChI is InChI=1S/C34H36ClN3O4S/c1-3-22-36-34(40)32(23-27-12-6-4-7-13-27)37(24-28-14-10-11-17-31(28)35)33(39)25-38(29-20-18-26(2)19-21-29)43(41,42)30-15-8-5-9-16-30/h4-21,32H,3,22-25H2,1-2H3,(H,36,40). The fourth-order valence-corrected chi connectivity index (χ4v) is 6.32. The maximum atomic E-state index is 14.4. The summed E-state index contributed by atoms with van der Waals surface area (Å²) in [7, 11) is -4.14. The topological polar surface area (TPSA) is 86.8 Å². The van der Waals surface area contributed by atoms with Crippen LogP contribution in [0.5, 0.6) is 0 Å². The van der Waals surface area contributed by atoms with E-state index in [4.69, 9.17) is 11.6 Å². The Morgan fingerprint density at radius 2 is 1.44 bits per heavy atom. The molecule has 9 heteroatoms. The van der Waals surface area contributed by atoms with Crippen LogP contribution in [0.4, 0.5) is 5.69 Å². The van der Waals surface area contributed by atoms with E-state index >= 15 is 0 Å². The van der Waals surface area contributed by atoms with Gasteiger partial charge in [-0.3, -0.25) is 13.9 Å². The van der Waals surface area contributed by atoms with E-state index in [1.165, 1.54) is 17.0 Å². The molecule has 0 radical (unpaired) electrons. The molecule has 4 aromatic carbocycles. The Bertz CT molecular complexity index is 1610. The number of sulfonamides is 1. The number of aryl methyl sites for hydroxylation is 1. The Balaban J connectivity index is 1.79. The molecule has 0 aromatic heterocycles. The second-order valence-corrected chi connectivity index (χ2v) is 12.5. The molecular formula is C34H36ClN3O4S. The zero-order valence-electron chi connectivity index (χ0n) is 24.3. The number of nitrogens with zero attached hydrogens (tertiary/aromatic N) is 2. The number of amides is 2. The molecule has 0 saturated heterocycles. The van der Waals surface area contributed by atoms with Gasteiger partial charge in [0.25, 0.3) is 10.0 Å². The van der Waals surface area contributed by atoms with E-state index in [-0.39, 0.29) is 23.8 Å². The molecule has 0 spiro atoms. The summed E-state index contributed by atoms with van der Waals surface area (Å²) < 4.78 is 29.1. The van der Waals surface area contributed by atoms with Gasteiger partial charge in [-0.25, -0.2) is 8.42 Å². The number of carbonyl (C=O) groups excluding carboxylic acids is 2. The van der Waals surface area contributed by atoms with Crippen molar-refractivity contribution in [3.05, 3.63) is 131 Å². The van der Waals surface area contributed by atoms with Gasteiger partial charge in [-0.05, 0) is 54.8 Å². The zero-order chi connectivity index (χ0) is 30.8. The van der Waals surface area contributed by atoms with Crippen molar-refractivity contribution in [2.75, 3.05) is 17.4 Å². The van der Waals surface area contributed by atoms with Crippen LogP contribution < -0.4 is 9.62 Å². The van der Waals surface area contributed by atoms with Gasteiger partial charge in [0.15, 0.2) is 0 Å². The van der Waals surface area contributed by atoms with Crippen LogP contribution in [0.3, 0.4) is 0 Å². The molecule has 0 aliphatic carbocycles. The summed E-state index contributed by atoms with van der Waals surface area (Å²) in [6, 6.07) is 30.6. The number of rotatable bonds is 13. The monoisotopic (exact) mass is 617 g/mol. The van der Waals surface area contributed by atoms with Gasteiger partial charge in [0.2, 0.25) is 11.8 Å². The minimum absolute atomic E-state index is 0.0165. The largest absolute Gasteiger partial charge is 0.354 e. The second-order valence-electron chi connectivity index (χ2n) is 10.3. The molecule has 0 heterocycles. The fourth-order valence-electron chi connectivity index (χ4n) is 4.69. The van der Waals surface area contributed by atoms with Crippen LogP contribution in [0, 0.1) is 6.92 Å². The first-order chi connectivity index (χ1) is 20.7. The summed E-state index contributed by atoms with van der Waals surface area (Å²) in [5.74, 6) is -0.855. The average Bonchev–Trinajstić information content (AvgIpc) is 3.02. The van der Waals surface area contributed by atoms with E-state index in [0.717, 1.165) is 21.9 Å². The molecular weight excluding hydrogens is 582 g/mol. The molecule has 2 amide bonds. The molecule has 7 nitrogen and oxygen atoms in total. The number of hydrogen-bond donors (Lipinski definition) is 1. The van der Waals surface area contributed by atoms with Crippen LogP contribution in [-0.2, 0) is 32.6 Å². The summed E-state index contributed by atoms with van der Waals surface area (Å²) in [6.45, 7) is 3.79. The molecule has 0 aliphatic rings. The molecule has 4 aromatic rings. The van der Waals surface area contributed by atoms with Crippen molar-refractivity contribution in [3.8, 4) is 0 Å². The zero-order valence-corrected chi connectivity index (χ0v) is 25.9. The van der Waals surface area contributed by atoms with E-state index < -0.39 is 28.5 Å². The molecule has 0 aliphatic heterocycles. The predicted molar refractivity (Wildman–Crippen MR) is 171 cm³/mol. The van der Waals surface area contributed by atoms with Crippen molar-refractivity contribution >= 4 is 39.1 Å². The summed E-state index contributed by atoms with van der Waals surface area (Å²) >= 11 is 6.53. The highest BCUT2D eigenvalue weighted by Gasteiger charge is 2.34. The lowest BCUT2D eigenvalue weighted by Gasteiger charge is -2.34. The lowest BCUT2D eigenvalue weighted by molar-refractivity contribution is -0.140. The van der Waals surface area contributed by atoms with Gasteiger partial charge in [0.05, 0.1) is 10.6 Å². The van der Waals surface area contributed by atoms with E-state index in [1.807, 2.05) is 50.2 Å². The Labute approximate surface area is 259 Å². The van der Waals surface area contributed by atoms with Crippen LogP contribution in [0.15, 0.2) is 114 Å². The van der Waals surface area contributed by atoms with E-state index in [1.54, 1.807) is 60.7 Å². The van der Waals surface area contributed by atoms with Gasteiger partial charge >= 0.3 is 0 Å². The van der Waals surface area contributed by atoms with Crippen molar-refractivity contribution in [2.45, 2.75) is 44.2 Å². The highest BCUT2D eigenvalue weighted by atomic mass is 35.5. The van der Waals surface area contributed by atoms with Crippen LogP contribution in [0.1, 0.15) is 30.0 Å². The highest BCUT2D eigenvalue weighted by molar-refractivity contribution is 7.92.